The molecule has 0 bridgehead atoms. The highest BCUT2D eigenvalue weighted by molar-refractivity contribution is 5.99. The van der Waals surface area contributed by atoms with Crippen molar-refractivity contribution in [2.45, 2.75) is 25.4 Å². The van der Waals surface area contributed by atoms with Crippen LogP contribution in [0.5, 0.6) is 0 Å². The molecule has 4 aromatic rings. The number of para-hydroxylation sites is 2. The van der Waals surface area contributed by atoms with Crippen LogP contribution in [0.1, 0.15) is 40.8 Å². The Labute approximate surface area is 161 Å². The molecule has 1 atom stereocenters. The van der Waals surface area contributed by atoms with E-state index in [-0.39, 0.29) is 5.91 Å². The number of fused-ring (bicyclic) bond motifs is 2. The van der Waals surface area contributed by atoms with Crippen molar-refractivity contribution in [3.63, 3.8) is 0 Å². The lowest BCUT2D eigenvalue weighted by atomic mass is 10.1. The maximum atomic E-state index is 12.7. The van der Waals surface area contributed by atoms with Crippen molar-refractivity contribution < 1.29 is 4.79 Å². The number of nitrogens with zero attached hydrogens (tertiary/aromatic N) is 5. The lowest BCUT2D eigenvalue weighted by Crippen LogP contribution is -2.24. The Kier molecular flexibility index (Phi) is 4.05. The Morgan fingerprint density at radius 2 is 2.21 bits per heavy atom. The molecule has 1 saturated heterocycles. The average Bonchev–Trinajstić information content (AvgIpc) is 3.43. The van der Waals surface area contributed by atoms with Gasteiger partial charge in [-0.25, -0.2) is 14.5 Å². The zero-order chi connectivity index (χ0) is 19.1. The highest BCUT2D eigenvalue weighted by Crippen LogP contribution is 2.30. The quantitative estimate of drug-likeness (QED) is 0.571. The maximum absolute atomic E-state index is 12.7. The van der Waals surface area contributed by atoms with Gasteiger partial charge < -0.3 is 10.3 Å². The molecule has 3 aromatic heterocycles. The molecule has 1 amide bonds. The van der Waals surface area contributed by atoms with Gasteiger partial charge >= 0.3 is 0 Å². The zero-order valence-corrected chi connectivity index (χ0v) is 15.6. The van der Waals surface area contributed by atoms with Crippen molar-refractivity contribution in [3.8, 4) is 0 Å². The molecular weight excluding hydrogens is 354 g/mol. The number of carbonyl (C=O) groups is 1. The van der Waals surface area contributed by atoms with Crippen LogP contribution >= 0.6 is 0 Å². The number of benzene rings is 1. The maximum Gasteiger partial charge on any atom is 0.257 e. The minimum atomic E-state index is -0.208. The van der Waals surface area contributed by atoms with Crippen molar-refractivity contribution in [1.82, 2.24) is 34.8 Å². The van der Waals surface area contributed by atoms with Crippen LogP contribution in [-0.2, 0) is 6.54 Å². The molecule has 8 heteroatoms. The summed E-state index contributed by atoms with van der Waals surface area (Å²) in [4.78, 5) is 27.2. The van der Waals surface area contributed by atoms with Crippen LogP contribution in [0.15, 0.2) is 42.7 Å². The highest BCUT2D eigenvalue weighted by atomic mass is 16.1. The van der Waals surface area contributed by atoms with Crippen LogP contribution in [0.3, 0.4) is 0 Å². The lowest BCUT2D eigenvalue weighted by Gasteiger charge is -2.20. The van der Waals surface area contributed by atoms with Crippen LogP contribution < -0.4 is 5.32 Å². The van der Waals surface area contributed by atoms with Gasteiger partial charge in [0, 0.05) is 6.20 Å². The van der Waals surface area contributed by atoms with Crippen LogP contribution in [0.2, 0.25) is 0 Å². The Bertz CT molecular complexity index is 1130. The van der Waals surface area contributed by atoms with E-state index in [1.807, 2.05) is 30.3 Å². The number of amides is 1. The van der Waals surface area contributed by atoms with E-state index in [0.717, 1.165) is 36.1 Å². The number of rotatable bonds is 4. The number of aromatic nitrogens is 5. The number of hydrogen-bond donors (Lipinski definition) is 2. The van der Waals surface area contributed by atoms with E-state index in [1.54, 1.807) is 16.9 Å². The number of imidazole rings is 1. The zero-order valence-electron chi connectivity index (χ0n) is 15.6. The molecule has 0 radical (unpaired) electrons. The molecule has 8 nitrogen and oxygen atoms in total. The molecule has 0 spiro atoms. The van der Waals surface area contributed by atoms with Crippen molar-refractivity contribution in [3.05, 3.63) is 59.8 Å². The second-order valence-electron chi connectivity index (χ2n) is 7.19. The Morgan fingerprint density at radius 1 is 1.32 bits per heavy atom. The Balaban J connectivity index is 1.39. The van der Waals surface area contributed by atoms with Gasteiger partial charge in [-0.05, 0) is 44.6 Å². The van der Waals surface area contributed by atoms with Crippen LogP contribution in [0, 0.1) is 0 Å². The van der Waals surface area contributed by atoms with Crippen molar-refractivity contribution in [2.75, 3.05) is 13.6 Å². The van der Waals surface area contributed by atoms with E-state index in [9.17, 15) is 4.79 Å². The van der Waals surface area contributed by atoms with E-state index in [4.69, 9.17) is 0 Å². The fourth-order valence-electron chi connectivity index (χ4n) is 3.95. The molecule has 0 aliphatic carbocycles. The minimum Gasteiger partial charge on any atom is -0.345 e. The van der Waals surface area contributed by atoms with Gasteiger partial charge in [0.1, 0.15) is 11.4 Å². The Hall–Kier alpha value is -3.26. The third kappa shape index (κ3) is 2.82. The molecule has 2 N–H and O–H groups in total. The molecule has 5 rings (SSSR count). The molecule has 0 saturated carbocycles. The smallest absolute Gasteiger partial charge is 0.257 e. The van der Waals surface area contributed by atoms with Crippen LogP contribution in [-0.4, -0.2) is 49.0 Å². The number of likely N-dealkylation sites (tertiary alicyclic amines) is 1. The summed E-state index contributed by atoms with van der Waals surface area (Å²) in [5.41, 5.74) is 3.96. The molecular formula is C20H21N7O. The summed E-state index contributed by atoms with van der Waals surface area (Å²) in [7, 11) is 2.12. The third-order valence-corrected chi connectivity index (χ3v) is 5.39. The largest absolute Gasteiger partial charge is 0.345 e. The summed E-state index contributed by atoms with van der Waals surface area (Å²) in [6.07, 6.45) is 5.60. The van der Waals surface area contributed by atoms with Gasteiger partial charge in [0.05, 0.1) is 35.5 Å². The van der Waals surface area contributed by atoms with Gasteiger partial charge in [0.25, 0.3) is 5.91 Å². The number of nitrogens with one attached hydrogen (secondary N) is 2. The van der Waals surface area contributed by atoms with Crippen molar-refractivity contribution in [2.24, 2.45) is 0 Å². The molecule has 1 aromatic carbocycles. The predicted molar refractivity (Wildman–Crippen MR) is 105 cm³/mol. The van der Waals surface area contributed by atoms with Gasteiger partial charge in [0.2, 0.25) is 0 Å². The third-order valence-electron chi connectivity index (χ3n) is 5.39. The summed E-state index contributed by atoms with van der Waals surface area (Å²) in [6, 6.07) is 10.1. The minimum absolute atomic E-state index is 0.208. The first-order valence-electron chi connectivity index (χ1n) is 9.45. The summed E-state index contributed by atoms with van der Waals surface area (Å²) in [6.45, 7) is 1.39. The fourth-order valence-corrected chi connectivity index (χ4v) is 3.95. The SMILES string of the molecule is CN1CCCC1c1ccnc2c(C(=O)NCc3nc4ccccc4[nH]3)cnn12. The van der Waals surface area contributed by atoms with Gasteiger partial charge in [-0.2, -0.15) is 5.10 Å². The molecule has 1 aliphatic rings. The lowest BCUT2D eigenvalue weighted by molar-refractivity contribution is 0.0951. The van der Waals surface area contributed by atoms with Gasteiger partial charge in [-0.3, -0.25) is 9.69 Å². The van der Waals surface area contributed by atoms with Crippen molar-refractivity contribution >= 4 is 22.6 Å². The highest BCUT2D eigenvalue weighted by Gasteiger charge is 2.26. The van der Waals surface area contributed by atoms with E-state index in [2.05, 4.69) is 37.3 Å². The first-order valence-corrected chi connectivity index (χ1v) is 9.45. The number of aromatic amines is 1. The number of carbonyl (C=O) groups excluding carboxylic acids is 1. The molecule has 1 aliphatic heterocycles. The topological polar surface area (TPSA) is 91.2 Å². The monoisotopic (exact) mass is 375 g/mol. The van der Waals surface area contributed by atoms with Gasteiger partial charge in [-0.15, -0.1) is 0 Å². The number of H-pyrrole nitrogens is 1. The van der Waals surface area contributed by atoms with Crippen molar-refractivity contribution in [1.29, 1.82) is 0 Å². The molecule has 28 heavy (non-hydrogen) atoms. The van der Waals surface area contributed by atoms with E-state index in [0.29, 0.717) is 29.6 Å². The van der Waals surface area contributed by atoms with E-state index in [1.165, 1.54) is 0 Å². The second kappa shape index (κ2) is 6.72. The van der Waals surface area contributed by atoms with Crippen LogP contribution in [0.4, 0.5) is 0 Å². The first-order chi connectivity index (χ1) is 13.7. The van der Waals surface area contributed by atoms with Crippen LogP contribution in [0.25, 0.3) is 16.7 Å². The average molecular weight is 375 g/mol. The van der Waals surface area contributed by atoms with E-state index >= 15 is 0 Å². The first kappa shape index (κ1) is 16.9. The number of hydrogen-bond acceptors (Lipinski definition) is 5. The van der Waals surface area contributed by atoms with E-state index < -0.39 is 0 Å². The molecule has 1 unspecified atom stereocenters. The van der Waals surface area contributed by atoms with Gasteiger partial charge in [-0.1, -0.05) is 12.1 Å². The summed E-state index contributed by atoms with van der Waals surface area (Å²) < 4.78 is 1.79. The van der Waals surface area contributed by atoms with Gasteiger partial charge in [0.15, 0.2) is 5.65 Å². The fraction of sp³-hybridized carbons (Fsp3) is 0.300. The second-order valence-corrected chi connectivity index (χ2v) is 7.19. The normalized spacial score (nSPS) is 17.5. The summed E-state index contributed by atoms with van der Waals surface area (Å²) >= 11 is 0. The summed E-state index contributed by atoms with van der Waals surface area (Å²) in [5, 5.41) is 7.37. The molecule has 1 fully saturated rings. The Morgan fingerprint density at radius 3 is 3.04 bits per heavy atom. The predicted octanol–water partition coefficient (Wildman–Crippen LogP) is 2.30. The standard InChI is InChI=1S/C20H21N7O/c1-26-10-4-7-16(26)17-8-9-21-19-13(11-23-27(17)19)20(28)22-12-18-24-14-5-2-3-6-15(14)25-18/h2-3,5-6,8-9,11,16H,4,7,10,12H2,1H3,(H,22,28)(H,24,25). The molecule has 4 heterocycles. The molecule has 142 valence electrons. The summed E-state index contributed by atoms with van der Waals surface area (Å²) in [5.74, 6) is 0.507.